The predicted molar refractivity (Wildman–Crippen MR) is 76.7 cm³/mol. The van der Waals surface area contributed by atoms with E-state index >= 15 is 0 Å². The van der Waals surface area contributed by atoms with Gasteiger partial charge in [0, 0.05) is 10.7 Å². The molecule has 1 aromatic carbocycles. The Balaban J connectivity index is 2.11. The number of hydrogen-bond acceptors (Lipinski definition) is 3. The van der Waals surface area contributed by atoms with E-state index in [2.05, 4.69) is 26.3 Å². The molecule has 0 aliphatic rings. The Morgan fingerprint density at radius 1 is 1.45 bits per heavy atom. The van der Waals surface area contributed by atoms with Gasteiger partial charge in [-0.2, -0.15) is 5.10 Å². The van der Waals surface area contributed by atoms with Crippen LogP contribution >= 0.6 is 15.9 Å². The Morgan fingerprint density at radius 2 is 2.20 bits per heavy atom. The Kier molecular flexibility index (Phi) is 4.19. The van der Waals surface area contributed by atoms with Gasteiger partial charge in [-0.3, -0.25) is 14.3 Å². The van der Waals surface area contributed by atoms with Gasteiger partial charge in [-0.15, -0.1) is 0 Å². The maximum absolute atomic E-state index is 12.1. The Morgan fingerprint density at radius 3 is 2.85 bits per heavy atom. The zero-order valence-corrected chi connectivity index (χ0v) is 12.2. The van der Waals surface area contributed by atoms with Gasteiger partial charge in [0.1, 0.15) is 6.54 Å². The molecule has 1 heterocycles. The fourth-order valence-corrected chi connectivity index (χ4v) is 2.33. The Labute approximate surface area is 123 Å². The van der Waals surface area contributed by atoms with Crippen molar-refractivity contribution in [2.24, 2.45) is 0 Å². The van der Waals surface area contributed by atoms with Gasteiger partial charge in [0.25, 0.3) is 5.91 Å². The highest BCUT2D eigenvalue weighted by atomic mass is 79.9. The standard InChI is InChI=1S/C13H12BrN3O3/c1-8-2-3-10(11(14)4-8)13(20)16-9-5-15-17(6-9)7-12(18)19/h2-6H,7H2,1H3,(H,16,20)(H,18,19). The first kappa shape index (κ1) is 14.3. The van der Waals surface area contributed by atoms with E-state index in [0.717, 1.165) is 5.56 Å². The molecule has 0 saturated heterocycles. The molecular formula is C13H12BrN3O3. The SMILES string of the molecule is Cc1ccc(C(=O)Nc2cnn(CC(=O)O)c2)c(Br)c1. The van der Waals surface area contributed by atoms with Crippen LogP contribution < -0.4 is 5.32 Å². The maximum Gasteiger partial charge on any atom is 0.325 e. The van der Waals surface area contributed by atoms with Gasteiger partial charge >= 0.3 is 5.97 Å². The van der Waals surface area contributed by atoms with E-state index in [4.69, 9.17) is 5.11 Å². The zero-order valence-electron chi connectivity index (χ0n) is 10.6. The lowest BCUT2D eigenvalue weighted by Crippen LogP contribution is -2.12. The van der Waals surface area contributed by atoms with Crippen molar-refractivity contribution in [3.05, 3.63) is 46.2 Å². The van der Waals surface area contributed by atoms with Crippen LogP contribution in [0.2, 0.25) is 0 Å². The molecule has 0 spiro atoms. The number of hydrogen-bond donors (Lipinski definition) is 2. The second-order valence-corrected chi connectivity index (χ2v) is 5.11. The number of carbonyl (C=O) groups is 2. The number of halogens is 1. The summed E-state index contributed by atoms with van der Waals surface area (Å²) in [5.41, 5.74) is 1.99. The number of benzene rings is 1. The number of carboxylic acid groups (broad SMARTS) is 1. The molecule has 2 rings (SSSR count). The summed E-state index contributed by atoms with van der Waals surface area (Å²) in [5.74, 6) is -1.28. The van der Waals surface area contributed by atoms with Crippen molar-refractivity contribution in [2.45, 2.75) is 13.5 Å². The van der Waals surface area contributed by atoms with Crippen molar-refractivity contribution in [1.29, 1.82) is 0 Å². The first-order valence-corrected chi connectivity index (χ1v) is 6.57. The topological polar surface area (TPSA) is 84.2 Å². The first-order valence-electron chi connectivity index (χ1n) is 5.77. The smallest absolute Gasteiger partial charge is 0.325 e. The van der Waals surface area contributed by atoms with Crippen LogP contribution in [0.3, 0.4) is 0 Å². The van der Waals surface area contributed by atoms with Gasteiger partial charge < -0.3 is 10.4 Å². The highest BCUT2D eigenvalue weighted by Crippen LogP contribution is 2.19. The van der Waals surface area contributed by atoms with E-state index in [9.17, 15) is 9.59 Å². The highest BCUT2D eigenvalue weighted by Gasteiger charge is 2.11. The summed E-state index contributed by atoms with van der Waals surface area (Å²) in [4.78, 5) is 22.6. The number of aryl methyl sites for hydroxylation is 1. The third-order valence-corrected chi connectivity index (χ3v) is 3.21. The number of nitrogens with one attached hydrogen (secondary N) is 1. The molecule has 0 unspecified atom stereocenters. The number of carboxylic acids is 1. The molecule has 0 bridgehead atoms. The van der Waals surface area contributed by atoms with Gasteiger partial charge in [-0.1, -0.05) is 6.07 Å². The molecule has 1 aromatic heterocycles. The van der Waals surface area contributed by atoms with E-state index in [-0.39, 0.29) is 12.5 Å². The second-order valence-electron chi connectivity index (χ2n) is 4.26. The third-order valence-electron chi connectivity index (χ3n) is 2.56. The average molecular weight is 338 g/mol. The first-order chi connectivity index (χ1) is 9.45. The van der Waals surface area contributed by atoms with E-state index in [1.54, 1.807) is 6.07 Å². The lowest BCUT2D eigenvalue weighted by molar-refractivity contribution is -0.137. The molecule has 0 aliphatic heterocycles. The second kappa shape index (κ2) is 5.87. The summed E-state index contributed by atoms with van der Waals surface area (Å²) in [5, 5.41) is 15.2. The summed E-state index contributed by atoms with van der Waals surface area (Å²) in [6.07, 6.45) is 2.87. The van der Waals surface area contributed by atoms with Crippen molar-refractivity contribution in [1.82, 2.24) is 9.78 Å². The molecule has 0 fully saturated rings. The molecular weight excluding hydrogens is 326 g/mol. The largest absolute Gasteiger partial charge is 0.480 e. The molecule has 104 valence electrons. The van der Waals surface area contributed by atoms with Crippen LogP contribution in [0.15, 0.2) is 35.1 Å². The van der Waals surface area contributed by atoms with Crippen LogP contribution in [0.1, 0.15) is 15.9 Å². The molecule has 2 N–H and O–H groups in total. The van der Waals surface area contributed by atoms with Crippen molar-refractivity contribution < 1.29 is 14.7 Å². The van der Waals surface area contributed by atoms with Crippen LogP contribution in [0.5, 0.6) is 0 Å². The van der Waals surface area contributed by atoms with E-state index in [1.165, 1.54) is 17.1 Å². The predicted octanol–water partition coefficient (Wildman–Crippen LogP) is 2.29. The van der Waals surface area contributed by atoms with Gasteiger partial charge in [-0.25, -0.2) is 0 Å². The van der Waals surface area contributed by atoms with Gasteiger partial charge in [-0.05, 0) is 40.5 Å². The summed E-state index contributed by atoms with van der Waals surface area (Å²) >= 11 is 3.34. The quantitative estimate of drug-likeness (QED) is 0.896. The monoisotopic (exact) mass is 337 g/mol. The van der Waals surface area contributed by atoms with Crippen LogP contribution in [0, 0.1) is 6.92 Å². The van der Waals surface area contributed by atoms with Crippen molar-refractivity contribution in [2.75, 3.05) is 5.32 Å². The molecule has 0 radical (unpaired) electrons. The van der Waals surface area contributed by atoms with Crippen molar-refractivity contribution in [3.8, 4) is 0 Å². The van der Waals surface area contributed by atoms with E-state index in [0.29, 0.717) is 15.7 Å². The molecule has 1 amide bonds. The maximum atomic E-state index is 12.1. The molecule has 20 heavy (non-hydrogen) atoms. The van der Waals surface area contributed by atoms with Crippen LogP contribution in [0.4, 0.5) is 5.69 Å². The van der Waals surface area contributed by atoms with Gasteiger partial charge in [0.15, 0.2) is 0 Å². The number of amides is 1. The van der Waals surface area contributed by atoms with Crippen LogP contribution in [-0.4, -0.2) is 26.8 Å². The minimum atomic E-state index is -0.993. The summed E-state index contributed by atoms with van der Waals surface area (Å²) < 4.78 is 1.94. The van der Waals surface area contributed by atoms with Gasteiger partial charge in [0.2, 0.25) is 0 Å². The number of anilines is 1. The van der Waals surface area contributed by atoms with Crippen molar-refractivity contribution in [3.63, 3.8) is 0 Å². The summed E-state index contributed by atoms with van der Waals surface area (Å²) in [6.45, 7) is 1.69. The molecule has 6 nitrogen and oxygen atoms in total. The normalized spacial score (nSPS) is 10.3. The van der Waals surface area contributed by atoms with Crippen molar-refractivity contribution >= 4 is 33.5 Å². The molecule has 7 heteroatoms. The lowest BCUT2D eigenvalue weighted by atomic mass is 10.1. The summed E-state index contributed by atoms with van der Waals surface area (Å²) in [7, 11) is 0. The molecule has 0 atom stereocenters. The van der Waals surface area contributed by atoms with Gasteiger partial charge in [0.05, 0.1) is 17.4 Å². The zero-order chi connectivity index (χ0) is 14.7. The summed E-state index contributed by atoms with van der Waals surface area (Å²) in [6, 6.07) is 5.41. The number of nitrogens with zero attached hydrogens (tertiary/aromatic N) is 2. The fourth-order valence-electron chi connectivity index (χ4n) is 1.66. The van der Waals surface area contributed by atoms with Crippen LogP contribution in [-0.2, 0) is 11.3 Å². The third kappa shape index (κ3) is 3.45. The minimum absolute atomic E-state index is 0.246. The number of aromatic nitrogens is 2. The average Bonchev–Trinajstić information content (AvgIpc) is 2.75. The fraction of sp³-hybridized carbons (Fsp3) is 0.154. The van der Waals surface area contributed by atoms with Crippen LogP contribution in [0.25, 0.3) is 0 Å². The Bertz CT molecular complexity index is 667. The lowest BCUT2D eigenvalue weighted by Gasteiger charge is -2.05. The molecule has 2 aromatic rings. The van der Waals surface area contributed by atoms with E-state index in [1.807, 2.05) is 19.1 Å². The molecule has 0 aliphatic carbocycles. The highest BCUT2D eigenvalue weighted by molar-refractivity contribution is 9.10. The number of rotatable bonds is 4. The van der Waals surface area contributed by atoms with E-state index < -0.39 is 5.97 Å². The minimum Gasteiger partial charge on any atom is -0.480 e. The Hall–Kier alpha value is -2.15. The molecule has 0 saturated carbocycles. The number of carbonyl (C=O) groups excluding carboxylic acids is 1. The number of aliphatic carboxylic acids is 1.